The fourth-order valence-electron chi connectivity index (χ4n) is 1.94. The zero-order valence-electron chi connectivity index (χ0n) is 9.81. The molecule has 1 aliphatic rings. The van der Waals surface area contributed by atoms with Gasteiger partial charge in [-0.3, -0.25) is 0 Å². The highest BCUT2D eigenvalue weighted by Crippen LogP contribution is 2.39. The predicted octanol–water partition coefficient (Wildman–Crippen LogP) is 2.99. The van der Waals surface area contributed by atoms with Crippen LogP contribution in [0.3, 0.4) is 0 Å². The minimum Gasteiger partial charge on any atom is -0.330 e. The molecule has 1 aromatic rings. The van der Waals surface area contributed by atoms with E-state index >= 15 is 0 Å². The maximum absolute atomic E-state index is 9.27. The van der Waals surface area contributed by atoms with Gasteiger partial charge in [-0.25, -0.2) is 0 Å². The van der Waals surface area contributed by atoms with Gasteiger partial charge in [0.2, 0.25) is 0 Å². The zero-order chi connectivity index (χ0) is 12.6. The van der Waals surface area contributed by atoms with Crippen molar-refractivity contribution >= 4 is 21.6 Å². The van der Waals surface area contributed by atoms with Crippen molar-refractivity contribution in [1.29, 1.82) is 5.26 Å². The maximum Gasteiger partial charge on any atom is 0.110 e. The first-order valence-corrected chi connectivity index (χ1v) is 6.18. The first-order chi connectivity index (χ1) is 7.99. The minimum atomic E-state index is -0.618. The fraction of sp³-hybridized carbons (Fsp3) is 0.308. The van der Waals surface area contributed by atoms with Crippen LogP contribution in [0.4, 0.5) is 5.69 Å². The lowest BCUT2D eigenvalue weighted by atomic mass is 9.84. The van der Waals surface area contributed by atoms with Crippen LogP contribution in [-0.4, -0.2) is 6.17 Å². The molecule has 1 aromatic carbocycles. The van der Waals surface area contributed by atoms with Crippen molar-refractivity contribution in [2.45, 2.75) is 20.0 Å². The van der Waals surface area contributed by atoms with Gasteiger partial charge in [-0.05, 0) is 43.7 Å². The van der Waals surface area contributed by atoms with E-state index in [2.05, 4.69) is 22.0 Å². The highest BCUT2D eigenvalue weighted by Gasteiger charge is 2.42. The first kappa shape index (κ1) is 12.2. The summed E-state index contributed by atoms with van der Waals surface area (Å²) in [5, 5.41) is 9.27. The van der Waals surface area contributed by atoms with Crippen LogP contribution in [0.5, 0.6) is 0 Å². The van der Waals surface area contributed by atoms with Gasteiger partial charge in [-0.15, -0.1) is 0 Å². The molecular formula is C13H14BrN3. The lowest BCUT2D eigenvalue weighted by Gasteiger charge is -2.29. The van der Waals surface area contributed by atoms with E-state index in [0.29, 0.717) is 0 Å². The van der Waals surface area contributed by atoms with Crippen molar-refractivity contribution in [1.82, 2.24) is 0 Å². The molecule has 1 aliphatic heterocycles. The van der Waals surface area contributed by atoms with Crippen LogP contribution in [0.2, 0.25) is 0 Å². The van der Waals surface area contributed by atoms with E-state index in [1.807, 2.05) is 49.2 Å². The van der Waals surface area contributed by atoms with Gasteiger partial charge in [-0.2, -0.15) is 5.26 Å². The zero-order valence-corrected chi connectivity index (χ0v) is 11.4. The average Bonchev–Trinajstić information content (AvgIpc) is 2.55. The Morgan fingerprint density at radius 3 is 2.47 bits per heavy atom. The van der Waals surface area contributed by atoms with Gasteiger partial charge in [0.15, 0.2) is 0 Å². The van der Waals surface area contributed by atoms with Crippen LogP contribution in [0.25, 0.3) is 0 Å². The van der Waals surface area contributed by atoms with E-state index in [1.165, 1.54) is 0 Å². The Bertz CT molecular complexity index is 500. The van der Waals surface area contributed by atoms with E-state index in [0.717, 1.165) is 15.7 Å². The molecule has 1 heterocycles. The molecule has 2 unspecified atom stereocenters. The number of rotatable bonds is 1. The Morgan fingerprint density at radius 1 is 1.41 bits per heavy atom. The smallest absolute Gasteiger partial charge is 0.110 e. The second-order valence-electron chi connectivity index (χ2n) is 4.45. The van der Waals surface area contributed by atoms with E-state index in [1.54, 1.807) is 0 Å². The number of nitriles is 1. The minimum absolute atomic E-state index is 0.339. The lowest BCUT2D eigenvalue weighted by Crippen LogP contribution is -2.45. The van der Waals surface area contributed by atoms with Gasteiger partial charge in [0, 0.05) is 16.4 Å². The van der Waals surface area contributed by atoms with Crippen molar-refractivity contribution in [3.8, 4) is 6.07 Å². The van der Waals surface area contributed by atoms with Crippen molar-refractivity contribution in [2.75, 3.05) is 4.90 Å². The van der Waals surface area contributed by atoms with Crippen molar-refractivity contribution in [2.24, 2.45) is 11.1 Å². The summed E-state index contributed by atoms with van der Waals surface area (Å²) in [4.78, 5) is 1.95. The molecule has 0 aromatic heterocycles. The number of anilines is 1. The number of hydrogen-bond donors (Lipinski definition) is 1. The molecule has 0 fully saturated rings. The molecule has 0 bridgehead atoms. The van der Waals surface area contributed by atoms with Gasteiger partial charge in [-0.1, -0.05) is 15.9 Å². The molecule has 0 saturated carbocycles. The number of hydrogen-bond acceptors (Lipinski definition) is 3. The third-order valence-corrected chi connectivity index (χ3v) is 3.93. The molecule has 0 amide bonds. The molecular weight excluding hydrogens is 278 g/mol. The van der Waals surface area contributed by atoms with Crippen LogP contribution < -0.4 is 10.6 Å². The summed E-state index contributed by atoms with van der Waals surface area (Å²) >= 11 is 3.40. The second kappa shape index (κ2) is 4.17. The molecule has 88 valence electrons. The maximum atomic E-state index is 9.27. The highest BCUT2D eigenvalue weighted by molar-refractivity contribution is 9.10. The van der Waals surface area contributed by atoms with Crippen LogP contribution in [-0.2, 0) is 0 Å². The standard InChI is InChI=1S/C13H14BrN3/c1-9-7-17(12(16)13(9,2)8-15)11-5-3-10(14)4-6-11/h3-7,12H,16H2,1-2H3. The third kappa shape index (κ3) is 1.86. The summed E-state index contributed by atoms with van der Waals surface area (Å²) in [5.74, 6) is 0. The van der Waals surface area contributed by atoms with Gasteiger partial charge >= 0.3 is 0 Å². The normalized spacial score (nSPS) is 27.8. The molecule has 0 spiro atoms. The second-order valence-corrected chi connectivity index (χ2v) is 5.37. The van der Waals surface area contributed by atoms with E-state index in [-0.39, 0.29) is 6.17 Å². The van der Waals surface area contributed by atoms with Crippen LogP contribution >= 0.6 is 15.9 Å². The Labute approximate surface area is 110 Å². The van der Waals surface area contributed by atoms with Gasteiger partial charge in [0.1, 0.15) is 11.6 Å². The molecule has 0 aliphatic carbocycles. The van der Waals surface area contributed by atoms with Gasteiger partial charge < -0.3 is 10.6 Å². The lowest BCUT2D eigenvalue weighted by molar-refractivity contribution is 0.444. The van der Waals surface area contributed by atoms with Crippen molar-refractivity contribution in [3.05, 3.63) is 40.5 Å². The molecule has 17 heavy (non-hydrogen) atoms. The third-order valence-electron chi connectivity index (χ3n) is 3.40. The Hall–Kier alpha value is -1.31. The number of halogens is 1. The number of benzene rings is 1. The van der Waals surface area contributed by atoms with E-state index in [9.17, 15) is 5.26 Å². The number of nitrogens with two attached hydrogens (primary N) is 1. The summed E-state index contributed by atoms with van der Waals surface area (Å²) in [7, 11) is 0. The fourth-order valence-corrected chi connectivity index (χ4v) is 2.20. The molecule has 2 atom stereocenters. The quantitative estimate of drug-likeness (QED) is 0.865. The largest absolute Gasteiger partial charge is 0.330 e. The molecule has 0 radical (unpaired) electrons. The Morgan fingerprint density at radius 2 is 2.00 bits per heavy atom. The topological polar surface area (TPSA) is 53.0 Å². The van der Waals surface area contributed by atoms with Crippen LogP contribution in [0.1, 0.15) is 13.8 Å². The Kier molecular flexibility index (Phi) is 2.98. The van der Waals surface area contributed by atoms with Crippen LogP contribution in [0, 0.1) is 16.7 Å². The summed E-state index contributed by atoms with van der Waals surface area (Å²) in [6, 6.07) is 10.2. The van der Waals surface area contributed by atoms with Crippen LogP contribution in [0.15, 0.2) is 40.5 Å². The Balaban J connectivity index is 2.38. The van der Waals surface area contributed by atoms with Gasteiger partial charge in [0.25, 0.3) is 0 Å². The number of nitrogens with zero attached hydrogens (tertiary/aromatic N) is 2. The molecule has 2 rings (SSSR count). The van der Waals surface area contributed by atoms with E-state index in [4.69, 9.17) is 5.73 Å². The average molecular weight is 292 g/mol. The summed E-state index contributed by atoms with van der Waals surface area (Å²) in [6.45, 7) is 3.82. The van der Waals surface area contributed by atoms with E-state index < -0.39 is 5.41 Å². The van der Waals surface area contributed by atoms with Crippen molar-refractivity contribution < 1.29 is 0 Å². The molecule has 4 heteroatoms. The summed E-state index contributed by atoms with van der Waals surface area (Å²) in [6.07, 6.45) is 1.62. The summed E-state index contributed by atoms with van der Waals surface area (Å²) in [5.41, 5.74) is 7.54. The highest BCUT2D eigenvalue weighted by atomic mass is 79.9. The van der Waals surface area contributed by atoms with Crippen molar-refractivity contribution in [3.63, 3.8) is 0 Å². The SMILES string of the molecule is CC1=CN(c2ccc(Br)cc2)C(N)C1(C)C#N. The monoisotopic (exact) mass is 291 g/mol. The van der Waals surface area contributed by atoms with Gasteiger partial charge in [0.05, 0.1) is 6.07 Å². The summed E-state index contributed by atoms with van der Waals surface area (Å²) < 4.78 is 1.03. The molecule has 3 nitrogen and oxygen atoms in total. The molecule has 0 saturated heterocycles. The first-order valence-electron chi connectivity index (χ1n) is 5.38. The molecule has 2 N–H and O–H groups in total. The predicted molar refractivity (Wildman–Crippen MR) is 72.1 cm³/mol.